The predicted octanol–water partition coefficient (Wildman–Crippen LogP) is 7.55. The van der Waals surface area contributed by atoms with Crippen molar-refractivity contribution < 1.29 is 22.7 Å². The summed E-state index contributed by atoms with van der Waals surface area (Å²) in [5, 5.41) is 4.09. The molecule has 1 saturated carbocycles. The number of nitrogens with one attached hydrogen (secondary N) is 1. The van der Waals surface area contributed by atoms with Gasteiger partial charge >= 0.3 is 0 Å². The first-order valence-corrected chi connectivity index (χ1v) is 18.1. The number of hydrogen-bond acceptors (Lipinski definition) is 5. The Balaban J connectivity index is 1.58. The van der Waals surface area contributed by atoms with Crippen LogP contribution in [0.15, 0.2) is 102 Å². The van der Waals surface area contributed by atoms with Gasteiger partial charge in [-0.1, -0.05) is 90.1 Å². The SMILES string of the molecule is COc1ccc(S(=O)(=O)N(CC(=O)N(Cc2ccc(Cl)c(Cl)c2)[C@@H](Cc2ccccc2)C(=O)NC2CCCC2)c2cccc(Cl)c2)cc1. The minimum Gasteiger partial charge on any atom is -0.497 e. The zero-order chi connectivity index (χ0) is 34.3. The van der Waals surface area contributed by atoms with E-state index in [1.807, 2.05) is 30.3 Å². The van der Waals surface area contributed by atoms with Gasteiger partial charge in [-0.3, -0.25) is 13.9 Å². The van der Waals surface area contributed by atoms with Crippen LogP contribution in [-0.4, -0.2) is 50.9 Å². The number of carbonyl (C=O) groups is 2. The Hall–Kier alpha value is -3.76. The van der Waals surface area contributed by atoms with Crippen molar-refractivity contribution in [2.24, 2.45) is 0 Å². The molecular weight excluding hydrogens is 693 g/mol. The van der Waals surface area contributed by atoms with Crippen molar-refractivity contribution in [2.45, 2.75) is 55.6 Å². The molecule has 4 aromatic carbocycles. The third-order valence-electron chi connectivity index (χ3n) is 8.33. The van der Waals surface area contributed by atoms with E-state index in [2.05, 4.69) is 5.32 Å². The minimum atomic E-state index is -4.30. The molecular formula is C36H36Cl3N3O5S. The summed E-state index contributed by atoms with van der Waals surface area (Å²) in [4.78, 5) is 30.2. The number of benzene rings is 4. The second kappa shape index (κ2) is 16.1. The summed E-state index contributed by atoms with van der Waals surface area (Å²) < 4.78 is 34.7. The van der Waals surface area contributed by atoms with E-state index in [0.29, 0.717) is 26.4 Å². The fourth-order valence-corrected chi connectivity index (χ4v) is 7.70. The van der Waals surface area contributed by atoms with Crippen molar-refractivity contribution in [1.82, 2.24) is 10.2 Å². The molecule has 0 spiro atoms. The number of hydrogen-bond donors (Lipinski definition) is 1. The van der Waals surface area contributed by atoms with E-state index >= 15 is 0 Å². The minimum absolute atomic E-state index is 0.00360. The van der Waals surface area contributed by atoms with Crippen molar-refractivity contribution in [3.63, 3.8) is 0 Å². The highest BCUT2D eigenvalue weighted by molar-refractivity contribution is 7.92. The quantitative estimate of drug-likeness (QED) is 0.154. The van der Waals surface area contributed by atoms with Crippen molar-refractivity contribution >= 4 is 62.3 Å². The monoisotopic (exact) mass is 727 g/mol. The lowest BCUT2D eigenvalue weighted by Crippen LogP contribution is -2.54. The van der Waals surface area contributed by atoms with Crippen LogP contribution in [0.25, 0.3) is 0 Å². The van der Waals surface area contributed by atoms with Crippen LogP contribution >= 0.6 is 34.8 Å². The van der Waals surface area contributed by atoms with Gasteiger partial charge in [-0.05, 0) is 78.6 Å². The van der Waals surface area contributed by atoms with Crippen molar-refractivity contribution in [3.05, 3.63) is 123 Å². The topological polar surface area (TPSA) is 96.0 Å². The van der Waals surface area contributed by atoms with E-state index in [9.17, 15) is 18.0 Å². The van der Waals surface area contributed by atoms with E-state index in [1.165, 1.54) is 42.3 Å². The molecule has 0 aliphatic heterocycles. The van der Waals surface area contributed by atoms with Crippen LogP contribution in [0.3, 0.4) is 0 Å². The van der Waals surface area contributed by atoms with Crippen molar-refractivity contribution in [3.8, 4) is 5.75 Å². The van der Waals surface area contributed by atoms with Gasteiger partial charge in [0.25, 0.3) is 10.0 Å². The fraction of sp³-hybridized carbons (Fsp3) is 0.278. The number of amides is 2. The molecule has 1 aliphatic rings. The van der Waals surface area contributed by atoms with Crippen LogP contribution in [0.5, 0.6) is 5.75 Å². The van der Waals surface area contributed by atoms with Crippen LogP contribution in [0.1, 0.15) is 36.8 Å². The van der Waals surface area contributed by atoms with Gasteiger partial charge in [-0.25, -0.2) is 8.42 Å². The first kappa shape index (κ1) is 35.5. The van der Waals surface area contributed by atoms with E-state index in [-0.39, 0.29) is 35.5 Å². The molecule has 1 N–H and O–H groups in total. The maximum atomic E-state index is 14.6. The summed E-state index contributed by atoms with van der Waals surface area (Å²) in [5.74, 6) is -0.434. The van der Waals surface area contributed by atoms with E-state index in [4.69, 9.17) is 39.5 Å². The molecule has 2 amide bonds. The number of halogens is 3. The number of anilines is 1. The molecule has 0 aromatic heterocycles. The van der Waals surface area contributed by atoms with Gasteiger partial charge in [0.2, 0.25) is 11.8 Å². The maximum absolute atomic E-state index is 14.6. The molecule has 0 heterocycles. The number of nitrogens with zero attached hydrogens (tertiary/aromatic N) is 2. The molecule has 8 nitrogen and oxygen atoms in total. The normalized spacial score (nSPS) is 13.9. The zero-order valence-electron chi connectivity index (χ0n) is 26.3. The van der Waals surface area contributed by atoms with Gasteiger partial charge in [0.05, 0.1) is 27.7 Å². The number of ether oxygens (including phenoxy) is 1. The van der Waals surface area contributed by atoms with Gasteiger partial charge < -0.3 is 15.0 Å². The summed E-state index contributed by atoms with van der Waals surface area (Å²) in [5.41, 5.74) is 1.65. The lowest BCUT2D eigenvalue weighted by molar-refractivity contribution is -0.140. The van der Waals surface area contributed by atoms with Crippen LogP contribution < -0.4 is 14.4 Å². The molecule has 1 fully saturated rings. The van der Waals surface area contributed by atoms with Gasteiger partial charge in [-0.2, -0.15) is 0 Å². The van der Waals surface area contributed by atoms with Gasteiger partial charge in [-0.15, -0.1) is 0 Å². The summed E-state index contributed by atoms with van der Waals surface area (Å²) in [7, 11) is -2.82. The largest absolute Gasteiger partial charge is 0.497 e. The Bertz CT molecular complexity index is 1840. The molecule has 12 heteroatoms. The highest BCUT2D eigenvalue weighted by Gasteiger charge is 2.35. The van der Waals surface area contributed by atoms with Crippen LogP contribution in [-0.2, 0) is 32.6 Å². The molecule has 1 atom stereocenters. The molecule has 1 aliphatic carbocycles. The lowest BCUT2D eigenvalue weighted by Gasteiger charge is -2.34. The summed E-state index contributed by atoms with van der Waals surface area (Å²) in [6, 6.07) is 25.6. The van der Waals surface area contributed by atoms with Crippen LogP contribution in [0.2, 0.25) is 15.1 Å². The molecule has 0 radical (unpaired) electrons. The molecule has 48 heavy (non-hydrogen) atoms. The fourth-order valence-electron chi connectivity index (χ4n) is 5.79. The van der Waals surface area contributed by atoms with Gasteiger partial charge in [0.15, 0.2) is 0 Å². The molecule has 252 valence electrons. The Morgan fingerprint density at radius 1 is 0.854 bits per heavy atom. The van der Waals surface area contributed by atoms with Crippen molar-refractivity contribution in [2.75, 3.05) is 18.0 Å². The number of rotatable bonds is 13. The average molecular weight is 729 g/mol. The highest BCUT2D eigenvalue weighted by atomic mass is 35.5. The molecule has 0 unspecified atom stereocenters. The van der Waals surface area contributed by atoms with E-state index in [1.54, 1.807) is 36.4 Å². The van der Waals surface area contributed by atoms with Gasteiger partial charge in [0.1, 0.15) is 18.3 Å². The van der Waals surface area contributed by atoms with E-state index < -0.39 is 28.5 Å². The third-order valence-corrected chi connectivity index (χ3v) is 11.1. The lowest BCUT2D eigenvalue weighted by atomic mass is 10.0. The van der Waals surface area contributed by atoms with E-state index in [0.717, 1.165) is 35.6 Å². The maximum Gasteiger partial charge on any atom is 0.264 e. The zero-order valence-corrected chi connectivity index (χ0v) is 29.4. The third kappa shape index (κ3) is 8.82. The molecule has 5 rings (SSSR count). The molecule has 0 bridgehead atoms. The number of sulfonamides is 1. The number of methoxy groups -OCH3 is 1. The average Bonchev–Trinajstić information content (AvgIpc) is 3.60. The van der Waals surface area contributed by atoms with Gasteiger partial charge in [0, 0.05) is 24.0 Å². The smallest absolute Gasteiger partial charge is 0.264 e. The second-order valence-electron chi connectivity index (χ2n) is 11.6. The summed E-state index contributed by atoms with van der Waals surface area (Å²) in [6.07, 6.45) is 3.94. The Kier molecular flexibility index (Phi) is 11.9. The Morgan fingerprint density at radius 2 is 1.56 bits per heavy atom. The standard InChI is InChI=1S/C36H36Cl3N3O5S/c1-47-30-15-17-31(18-16-30)48(45,46)42(29-13-7-10-27(37)22-29)24-35(43)41(23-26-14-19-32(38)33(39)20-26)34(21-25-8-3-2-4-9-25)36(44)40-28-11-5-6-12-28/h2-4,7-10,13-20,22,28,34H,5-6,11-12,21,23-24H2,1H3,(H,40,44)/t34-/m0/s1. The van der Waals surface area contributed by atoms with Crippen LogP contribution in [0.4, 0.5) is 5.69 Å². The first-order chi connectivity index (χ1) is 23.0. The molecule has 0 saturated heterocycles. The molecule has 4 aromatic rings. The van der Waals surface area contributed by atoms with Crippen LogP contribution in [0, 0.1) is 0 Å². The Morgan fingerprint density at radius 3 is 2.21 bits per heavy atom. The number of carbonyl (C=O) groups excluding carboxylic acids is 2. The predicted molar refractivity (Wildman–Crippen MR) is 190 cm³/mol. The summed E-state index contributed by atoms with van der Waals surface area (Å²) >= 11 is 18.9. The Labute approximate surface area is 296 Å². The van der Waals surface area contributed by atoms with Crippen molar-refractivity contribution in [1.29, 1.82) is 0 Å². The summed E-state index contributed by atoms with van der Waals surface area (Å²) in [6.45, 7) is -0.644. The highest BCUT2D eigenvalue weighted by Crippen LogP contribution is 2.29. The first-order valence-electron chi connectivity index (χ1n) is 15.5. The second-order valence-corrected chi connectivity index (χ2v) is 14.7.